The molecule has 0 unspecified atom stereocenters. The van der Waals surface area contributed by atoms with Gasteiger partial charge < -0.3 is 10.6 Å². The highest BCUT2D eigenvalue weighted by Gasteiger charge is 2.13. The lowest BCUT2D eigenvalue weighted by Crippen LogP contribution is -2.15. The van der Waals surface area contributed by atoms with E-state index in [1.54, 1.807) is 12.1 Å². The van der Waals surface area contributed by atoms with Crippen molar-refractivity contribution >= 4 is 54.6 Å². The molecule has 2 aromatic carbocycles. The van der Waals surface area contributed by atoms with E-state index in [2.05, 4.69) is 54.2 Å². The number of nitrogens with two attached hydrogens (primary N) is 1. The number of anilines is 1. The number of nitro benzene ring substituents is 1. The van der Waals surface area contributed by atoms with E-state index in [9.17, 15) is 10.1 Å². The zero-order valence-corrected chi connectivity index (χ0v) is 16.3. The smallest absolute Gasteiger partial charge is 0.271 e. The average Bonchev–Trinajstić information content (AvgIpc) is 2.59. The van der Waals surface area contributed by atoms with Crippen LogP contribution in [0, 0.1) is 22.2 Å². The van der Waals surface area contributed by atoms with E-state index in [0.717, 1.165) is 5.69 Å². The minimum Gasteiger partial charge on any atom is -0.358 e. The highest BCUT2D eigenvalue weighted by atomic mass is 79.9. The van der Waals surface area contributed by atoms with Crippen LogP contribution in [0.5, 0.6) is 0 Å². The van der Waals surface area contributed by atoms with Gasteiger partial charge in [-0.25, -0.2) is 0 Å². The van der Waals surface area contributed by atoms with Crippen molar-refractivity contribution in [2.24, 2.45) is 16.0 Å². The monoisotopic (exact) mass is 465 g/mol. The van der Waals surface area contributed by atoms with E-state index >= 15 is 0 Å². The topological polar surface area (TPSA) is 97.1 Å². The molecule has 9 heteroatoms. The molecule has 128 valence electrons. The van der Waals surface area contributed by atoms with Crippen molar-refractivity contribution < 1.29 is 4.92 Å². The molecule has 0 aromatic heterocycles. The molecule has 25 heavy (non-hydrogen) atoms. The molecule has 0 radical (unpaired) electrons. The largest absolute Gasteiger partial charge is 0.358 e. The summed E-state index contributed by atoms with van der Waals surface area (Å²) >= 11 is 6.55. The summed E-state index contributed by atoms with van der Waals surface area (Å²) in [6.07, 6.45) is 0. The maximum atomic E-state index is 10.8. The van der Waals surface area contributed by atoms with E-state index in [1.165, 1.54) is 12.1 Å². The van der Waals surface area contributed by atoms with Crippen LogP contribution in [0.3, 0.4) is 0 Å². The summed E-state index contributed by atoms with van der Waals surface area (Å²) in [5.41, 5.74) is 7.22. The molecular formula is C16H13Br2N5O2. The summed E-state index contributed by atoms with van der Waals surface area (Å²) < 4.78 is 0.952. The van der Waals surface area contributed by atoms with Crippen molar-refractivity contribution in [3.8, 4) is 12.1 Å². The molecule has 2 aromatic rings. The molecular weight excluding hydrogens is 454 g/mol. The molecule has 0 amide bonds. The summed E-state index contributed by atoms with van der Waals surface area (Å²) in [5, 5.41) is 19.2. The van der Waals surface area contributed by atoms with Gasteiger partial charge >= 0.3 is 0 Å². The lowest BCUT2D eigenvalue weighted by atomic mass is 10.2. The van der Waals surface area contributed by atoms with Gasteiger partial charge in [0.25, 0.3) is 5.69 Å². The molecule has 0 bridgehead atoms. The van der Waals surface area contributed by atoms with Gasteiger partial charge in [0.2, 0.25) is 0 Å². The fourth-order valence-electron chi connectivity index (χ4n) is 1.96. The normalized spacial score (nSPS) is 10.4. The maximum absolute atomic E-state index is 10.8. The Morgan fingerprint density at radius 1 is 1.20 bits per heavy atom. The van der Waals surface area contributed by atoms with E-state index in [0.29, 0.717) is 26.9 Å². The third-order valence-electron chi connectivity index (χ3n) is 3.16. The van der Waals surface area contributed by atoms with E-state index in [1.807, 2.05) is 24.0 Å². The molecule has 2 N–H and O–H groups in total. The fourth-order valence-corrected chi connectivity index (χ4v) is 3.29. The van der Waals surface area contributed by atoms with Gasteiger partial charge in [-0.05, 0) is 63.0 Å². The van der Waals surface area contributed by atoms with E-state index in [-0.39, 0.29) is 5.69 Å². The van der Waals surface area contributed by atoms with Crippen LogP contribution in [0.25, 0.3) is 0 Å². The number of nitro groups is 1. The van der Waals surface area contributed by atoms with Crippen molar-refractivity contribution in [2.45, 2.75) is 6.92 Å². The molecule has 7 nitrogen and oxygen atoms in total. The van der Waals surface area contributed by atoms with Crippen LogP contribution >= 0.6 is 31.9 Å². The van der Waals surface area contributed by atoms with Crippen molar-refractivity contribution in [1.29, 1.82) is 0 Å². The first-order valence-corrected chi connectivity index (χ1v) is 8.69. The van der Waals surface area contributed by atoms with Gasteiger partial charge in [-0.2, -0.15) is 5.11 Å². The molecule has 2 rings (SSSR count). The standard InChI is InChI=1S/C16H13Br2N5O2/c1-2-22(8-7-19)12-5-3-11(4-6-12)20-21-16-14(17)9-13(23(24)25)10-15(16)18/h3-6,9-10H,2,19H2,1H3. The molecule has 0 spiro atoms. The second-order valence-corrected chi connectivity index (χ2v) is 6.44. The zero-order chi connectivity index (χ0) is 18.4. The quantitative estimate of drug-likeness (QED) is 0.214. The number of hydrogen-bond acceptors (Lipinski definition) is 6. The number of azo groups is 1. The summed E-state index contributed by atoms with van der Waals surface area (Å²) in [6.45, 7) is 2.68. The van der Waals surface area contributed by atoms with Gasteiger partial charge in [0, 0.05) is 36.5 Å². The maximum Gasteiger partial charge on any atom is 0.271 e. The Hall–Kier alpha value is -2.44. The van der Waals surface area contributed by atoms with Crippen molar-refractivity contribution in [2.75, 3.05) is 11.4 Å². The summed E-state index contributed by atoms with van der Waals surface area (Å²) in [5.74, 6) is 0. The summed E-state index contributed by atoms with van der Waals surface area (Å²) in [4.78, 5) is 12.2. The Kier molecular flexibility index (Phi) is 6.50. The van der Waals surface area contributed by atoms with Gasteiger partial charge in [-0.1, -0.05) is 0 Å². The SMILES string of the molecule is CCN(C#CN)c1ccc(N=Nc2c(Br)cc([N+](=O)[O-])cc2Br)cc1. The highest BCUT2D eigenvalue weighted by molar-refractivity contribution is 9.11. The van der Waals surface area contributed by atoms with Crippen LogP contribution in [0.2, 0.25) is 0 Å². The Bertz CT molecular complexity index is 849. The Morgan fingerprint density at radius 3 is 2.28 bits per heavy atom. The zero-order valence-electron chi connectivity index (χ0n) is 13.1. The predicted molar refractivity (Wildman–Crippen MR) is 104 cm³/mol. The lowest BCUT2D eigenvalue weighted by Gasteiger charge is -2.14. The van der Waals surface area contributed by atoms with Gasteiger partial charge in [-0.3, -0.25) is 10.1 Å². The lowest BCUT2D eigenvalue weighted by molar-refractivity contribution is -0.385. The van der Waals surface area contributed by atoms with E-state index < -0.39 is 4.92 Å². The van der Waals surface area contributed by atoms with E-state index in [4.69, 9.17) is 5.73 Å². The third kappa shape index (κ3) is 4.78. The van der Waals surface area contributed by atoms with Crippen LogP contribution in [0.15, 0.2) is 55.6 Å². The number of benzene rings is 2. The summed E-state index contributed by atoms with van der Waals surface area (Å²) in [6, 6.07) is 15.3. The third-order valence-corrected chi connectivity index (χ3v) is 4.36. The first kappa shape index (κ1) is 18.9. The summed E-state index contributed by atoms with van der Waals surface area (Å²) in [7, 11) is 0. The first-order chi connectivity index (χ1) is 12.0. The minimum absolute atomic E-state index is 0.0391. The second kappa shape index (κ2) is 8.60. The van der Waals surface area contributed by atoms with Crippen LogP contribution in [0.4, 0.5) is 22.7 Å². The molecule has 0 fully saturated rings. The molecule has 0 atom stereocenters. The number of nitrogens with zero attached hydrogens (tertiary/aromatic N) is 4. The van der Waals surface area contributed by atoms with Crippen LogP contribution < -0.4 is 10.6 Å². The number of hydrogen-bond donors (Lipinski definition) is 1. The molecule has 0 heterocycles. The Morgan fingerprint density at radius 2 is 1.80 bits per heavy atom. The molecule has 0 aliphatic rings. The number of halogens is 2. The fraction of sp³-hybridized carbons (Fsp3) is 0.125. The van der Waals surface area contributed by atoms with Gasteiger partial charge in [0.15, 0.2) is 0 Å². The van der Waals surface area contributed by atoms with Gasteiger partial charge in [-0.15, -0.1) is 5.11 Å². The first-order valence-electron chi connectivity index (χ1n) is 7.10. The minimum atomic E-state index is -0.473. The van der Waals surface area contributed by atoms with Crippen molar-refractivity contribution in [3.05, 3.63) is 55.5 Å². The average molecular weight is 467 g/mol. The van der Waals surface area contributed by atoms with Crippen LogP contribution in [-0.4, -0.2) is 11.5 Å². The predicted octanol–water partition coefficient (Wildman–Crippen LogP) is 5.24. The molecule has 0 saturated heterocycles. The Labute approximate surface area is 161 Å². The highest BCUT2D eigenvalue weighted by Crippen LogP contribution is 2.38. The molecule has 0 saturated carbocycles. The van der Waals surface area contributed by atoms with Gasteiger partial charge in [0.05, 0.1) is 19.6 Å². The van der Waals surface area contributed by atoms with Gasteiger partial charge in [0.1, 0.15) is 5.69 Å². The second-order valence-electron chi connectivity index (χ2n) is 4.73. The molecule has 0 aliphatic carbocycles. The van der Waals surface area contributed by atoms with Crippen LogP contribution in [0.1, 0.15) is 6.92 Å². The van der Waals surface area contributed by atoms with Crippen LogP contribution in [-0.2, 0) is 0 Å². The number of non-ortho nitro benzene ring substituents is 1. The van der Waals surface area contributed by atoms with Crippen molar-refractivity contribution in [1.82, 2.24) is 0 Å². The van der Waals surface area contributed by atoms with Crippen molar-refractivity contribution in [3.63, 3.8) is 0 Å². The Balaban J connectivity index is 2.25. The molecule has 0 aliphatic heterocycles. The number of rotatable bonds is 5.